The Morgan fingerprint density at radius 1 is 1.56 bits per heavy atom. The van der Waals surface area contributed by atoms with Crippen molar-refractivity contribution < 1.29 is 4.79 Å². The van der Waals surface area contributed by atoms with Gasteiger partial charge in [0.25, 0.3) is 0 Å². The van der Waals surface area contributed by atoms with Gasteiger partial charge in [-0.2, -0.15) is 0 Å². The molecule has 0 bridgehead atoms. The van der Waals surface area contributed by atoms with Gasteiger partial charge in [-0.15, -0.1) is 0 Å². The van der Waals surface area contributed by atoms with Crippen molar-refractivity contribution >= 4 is 17.4 Å². The Bertz CT molecular complexity index is 516. The second-order valence-corrected chi connectivity index (χ2v) is 3.83. The zero-order valence-corrected chi connectivity index (χ0v) is 9.53. The molecule has 0 fully saturated rings. The number of fused-ring (bicyclic) bond motifs is 1. The van der Waals surface area contributed by atoms with E-state index in [0.717, 1.165) is 23.4 Å². The molecule has 4 nitrogen and oxygen atoms in total. The van der Waals surface area contributed by atoms with E-state index in [0.29, 0.717) is 6.42 Å². The summed E-state index contributed by atoms with van der Waals surface area (Å²) < 4.78 is 1.89. The summed E-state index contributed by atoms with van der Waals surface area (Å²) in [5.74, 6) is 0.767. The molecule has 0 aliphatic carbocycles. The maximum absolute atomic E-state index is 11.5. The van der Waals surface area contributed by atoms with Gasteiger partial charge in [0, 0.05) is 12.6 Å². The number of pyridine rings is 1. The van der Waals surface area contributed by atoms with Crippen LogP contribution in [-0.2, 0) is 4.79 Å². The van der Waals surface area contributed by atoms with Gasteiger partial charge in [0.2, 0.25) is 5.91 Å². The van der Waals surface area contributed by atoms with Crippen molar-refractivity contribution in [1.82, 2.24) is 9.38 Å². The van der Waals surface area contributed by atoms with Gasteiger partial charge in [0.1, 0.15) is 11.5 Å². The fourth-order valence-electron chi connectivity index (χ4n) is 1.68. The Morgan fingerprint density at radius 2 is 2.38 bits per heavy atom. The van der Waals surface area contributed by atoms with Gasteiger partial charge >= 0.3 is 0 Å². The van der Waals surface area contributed by atoms with Crippen molar-refractivity contribution in [2.75, 3.05) is 5.32 Å². The van der Waals surface area contributed by atoms with E-state index in [-0.39, 0.29) is 5.91 Å². The summed E-state index contributed by atoms with van der Waals surface area (Å²) in [6.45, 7) is 3.98. The summed E-state index contributed by atoms with van der Waals surface area (Å²) in [7, 11) is 0. The van der Waals surface area contributed by atoms with E-state index < -0.39 is 0 Å². The largest absolute Gasteiger partial charge is 0.310 e. The summed E-state index contributed by atoms with van der Waals surface area (Å²) >= 11 is 0. The predicted octanol–water partition coefficient (Wildman–Crippen LogP) is 2.38. The molecule has 0 spiro atoms. The lowest BCUT2D eigenvalue weighted by Crippen LogP contribution is -2.12. The normalized spacial score (nSPS) is 10.6. The zero-order valence-electron chi connectivity index (χ0n) is 9.53. The first-order valence-electron chi connectivity index (χ1n) is 5.45. The Hall–Kier alpha value is -1.84. The van der Waals surface area contributed by atoms with Crippen LogP contribution in [0.2, 0.25) is 0 Å². The quantitative estimate of drug-likeness (QED) is 0.858. The molecule has 0 saturated heterocycles. The number of aromatic nitrogens is 2. The number of hydrogen-bond donors (Lipinski definition) is 1. The standard InChI is InChI=1S/C12H15N3O/c1-3-5-11(16)14-10-8-13-12-9(2)6-4-7-15(10)12/h4,6-8H,3,5H2,1-2H3,(H,14,16). The minimum atomic E-state index is 0.0332. The number of nitrogens with one attached hydrogen (secondary N) is 1. The fraction of sp³-hybridized carbons (Fsp3) is 0.333. The highest BCUT2D eigenvalue weighted by Gasteiger charge is 2.07. The summed E-state index contributed by atoms with van der Waals surface area (Å²) in [4.78, 5) is 15.8. The number of anilines is 1. The molecule has 0 unspecified atom stereocenters. The van der Waals surface area contributed by atoms with Crippen LogP contribution in [0.5, 0.6) is 0 Å². The molecule has 0 aliphatic rings. The molecule has 0 atom stereocenters. The van der Waals surface area contributed by atoms with Crippen LogP contribution in [0.3, 0.4) is 0 Å². The van der Waals surface area contributed by atoms with E-state index in [1.165, 1.54) is 0 Å². The van der Waals surface area contributed by atoms with E-state index in [1.807, 2.05) is 36.6 Å². The molecule has 2 rings (SSSR count). The lowest BCUT2D eigenvalue weighted by atomic mass is 10.3. The summed E-state index contributed by atoms with van der Waals surface area (Å²) in [5.41, 5.74) is 1.98. The molecule has 4 heteroatoms. The van der Waals surface area contributed by atoms with E-state index >= 15 is 0 Å². The molecule has 1 N–H and O–H groups in total. The molecule has 2 aromatic rings. The van der Waals surface area contributed by atoms with Crippen LogP contribution in [0.1, 0.15) is 25.3 Å². The summed E-state index contributed by atoms with van der Waals surface area (Å²) in [5, 5.41) is 2.85. The number of imidazole rings is 1. The molecule has 16 heavy (non-hydrogen) atoms. The van der Waals surface area contributed by atoms with Crippen molar-refractivity contribution in [2.24, 2.45) is 0 Å². The number of nitrogens with zero attached hydrogens (tertiary/aromatic N) is 2. The Morgan fingerprint density at radius 3 is 3.12 bits per heavy atom. The van der Waals surface area contributed by atoms with E-state index in [2.05, 4.69) is 10.3 Å². The maximum atomic E-state index is 11.5. The van der Waals surface area contributed by atoms with Gasteiger partial charge in [0.05, 0.1) is 6.20 Å². The third-order valence-corrected chi connectivity index (χ3v) is 2.48. The van der Waals surface area contributed by atoms with E-state index in [9.17, 15) is 4.79 Å². The van der Waals surface area contributed by atoms with Gasteiger partial charge in [0.15, 0.2) is 0 Å². The van der Waals surface area contributed by atoms with Crippen LogP contribution >= 0.6 is 0 Å². The minimum Gasteiger partial charge on any atom is -0.310 e. The van der Waals surface area contributed by atoms with Crippen molar-refractivity contribution in [3.05, 3.63) is 30.1 Å². The van der Waals surface area contributed by atoms with Gasteiger partial charge in [-0.3, -0.25) is 9.20 Å². The minimum absolute atomic E-state index is 0.0332. The molecule has 0 aromatic carbocycles. The number of carbonyl (C=O) groups excluding carboxylic acids is 1. The number of amides is 1. The van der Waals surface area contributed by atoms with Crippen LogP contribution in [0.25, 0.3) is 5.65 Å². The fourth-order valence-corrected chi connectivity index (χ4v) is 1.68. The average Bonchev–Trinajstić information content (AvgIpc) is 2.64. The monoisotopic (exact) mass is 217 g/mol. The molecule has 1 amide bonds. The molecule has 2 heterocycles. The third kappa shape index (κ3) is 1.91. The number of aryl methyl sites for hydroxylation is 1. The summed E-state index contributed by atoms with van der Waals surface area (Å²) in [6, 6.07) is 3.94. The van der Waals surface area contributed by atoms with Crippen molar-refractivity contribution in [3.63, 3.8) is 0 Å². The second kappa shape index (κ2) is 4.35. The third-order valence-electron chi connectivity index (χ3n) is 2.48. The zero-order chi connectivity index (χ0) is 11.5. The van der Waals surface area contributed by atoms with Crippen molar-refractivity contribution in [1.29, 1.82) is 0 Å². The molecule has 2 aromatic heterocycles. The average molecular weight is 217 g/mol. The highest BCUT2D eigenvalue weighted by Crippen LogP contribution is 2.14. The van der Waals surface area contributed by atoms with E-state index in [1.54, 1.807) is 6.20 Å². The first-order valence-corrected chi connectivity index (χ1v) is 5.45. The molecular weight excluding hydrogens is 202 g/mol. The van der Waals surface area contributed by atoms with Gasteiger partial charge < -0.3 is 5.32 Å². The van der Waals surface area contributed by atoms with Crippen LogP contribution in [0, 0.1) is 6.92 Å². The van der Waals surface area contributed by atoms with Crippen molar-refractivity contribution in [2.45, 2.75) is 26.7 Å². The van der Waals surface area contributed by atoms with Gasteiger partial charge in [-0.1, -0.05) is 13.0 Å². The molecule has 0 aliphatic heterocycles. The number of hydrogen-bond acceptors (Lipinski definition) is 2. The highest BCUT2D eigenvalue weighted by atomic mass is 16.1. The Balaban J connectivity index is 2.32. The van der Waals surface area contributed by atoms with Crippen LogP contribution in [0.15, 0.2) is 24.5 Å². The lowest BCUT2D eigenvalue weighted by molar-refractivity contribution is -0.116. The van der Waals surface area contributed by atoms with Crippen molar-refractivity contribution in [3.8, 4) is 0 Å². The topological polar surface area (TPSA) is 46.4 Å². The van der Waals surface area contributed by atoms with Gasteiger partial charge in [-0.25, -0.2) is 4.98 Å². The molecular formula is C12H15N3O. The number of rotatable bonds is 3. The smallest absolute Gasteiger partial charge is 0.225 e. The van der Waals surface area contributed by atoms with Crippen LogP contribution in [-0.4, -0.2) is 15.3 Å². The Labute approximate surface area is 94.3 Å². The van der Waals surface area contributed by atoms with E-state index in [4.69, 9.17) is 0 Å². The maximum Gasteiger partial charge on any atom is 0.225 e. The van der Waals surface area contributed by atoms with Gasteiger partial charge in [-0.05, 0) is 25.0 Å². The highest BCUT2D eigenvalue weighted by molar-refractivity contribution is 5.90. The second-order valence-electron chi connectivity index (χ2n) is 3.83. The lowest BCUT2D eigenvalue weighted by Gasteiger charge is -2.04. The SMILES string of the molecule is CCCC(=O)Nc1cnc2c(C)cccn12. The molecule has 84 valence electrons. The molecule has 0 radical (unpaired) electrons. The summed E-state index contributed by atoms with van der Waals surface area (Å²) in [6.07, 6.45) is 4.98. The predicted molar refractivity (Wildman–Crippen MR) is 63.5 cm³/mol. The number of carbonyl (C=O) groups is 1. The first kappa shape index (κ1) is 10.7. The van der Waals surface area contributed by atoms with Crippen LogP contribution in [0.4, 0.5) is 5.82 Å². The molecule has 0 saturated carbocycles. The Kier molecular flexibility index (Phi) is 2.90. The first-order chi connectivity index (χ1) is 7.72. The van der Waals surface area contributed by atoms with Crippen LogP contribution < -0.4 is 5.32 Å².